The molecule has 0 spiro atoms. The van der Waals surface area contributed by atoms with E-state index in [1.54, 1.807) is 0 Å². The van der Waals surface area contributed by atoms with Crippen LogP contribution in [0, 0.1) is 0 Å². The fraction of sp³-hybridized carbons (Fsp3) is 0.375. The monoisotopic (exact) mass is 491 g/mol. The lowest BCUT2D eigenvalue weighted by Crippen LogP contribution is -2.71. The average molecular weight is 492 g/mol. The number of aromatic nitrogens is 1. The number of thiazole rings is 1. The van der Waals surface area contributed by atoms with Crippen LogP contribution in [-0.2, 0) is 28.8 Å². The highest BCUT2D eigenvalue weighted by atomic mass is 35.5. The molecule has 4 N–H and O–H groups in total. The number of amides is 2. The van der Waals surface area contributed by atoms with Gasteiger partial charge in [-0.3, -0.25) is 19.3 Å². The molecule has 0 unspecified atom stereocenters. The number of aliphatic carboxylic acids is 1. The van der Waals surface area contributed by atoms with Crippen molar-refractivity contribution in [1.29, 1.82) is 0 Å². The zero-order chi connectivity index (χ0) is 22.0. The Hall–Kier alpha value is -2.84. The molecular weight excluding hydrogens is 474 g/mol. The number of carbonyl (C=O) groups excluding carboxylic acids is 3. The van der Waals surface area contributed by atoms with Gasteiger partial charge in [0.1, 0.15) is 36.5 Å². The van der Waals surface area contributed by atoms with Crippen molar-refractivity contribution in [3.8, 4) is 0 Å². The third-order valence-corrected chi connectivity index (χ3v) is 6.16. The SMILES string of the molecule is CO/N=C(/C(=O)N[C@@H]1C(=O)N2C(C(=O)O)=C(COC(C)=O)CS[C@H]12)c1csc(N)n1.Cl. The summed E-state index contributed by atoms with van der Waals surface area (Å²) in [4.78, 5) is 57.8. The van der Waals surface area contributed by atoms with E-state index in [1.807, 2.05) is 0 Å². The number of hydrogen-bond acceptors (Lipinski definition) is 11. The molecule has 1 aromatic rings. The molecule has 0 aromatic carbocycles. The number of fused-ring (bicyclic) bond motifs is 1. The van der Waals surface area contributed by atoms with Gasteiger partial charge in [-0.15, -0.1) is 35.5 Å². The number of hydrogen-bond donors (Lipinski definition) is 3. The maximum Gasteiger partial charge on any atom is 0.352 e. The van der Waals surface area contributed by atoms with E-state index in [-0.39, 0.29) is 47.0 Å². The topological polar surface area (TPSA) is 174 Å². The van der Waals surface area contributed by atoms with Gasteiger partial charge in [0.15, 0.2) is 10.8 Å². The Morgan fingerprint density at radius 1 is 1.45 bits per heavy atom. The van der Waals surface area contributed by atoms with Crippen molar-refractivity contribution >= 4 is 70.1 Å². The third-order valence-electron chi connectivity index (χ3n) is 4.15. The molecule has 0 aliphatic carbocycles. The summed E-state index contributed by atoms with van der Waals surface area (Å²) in [6.45, 7) is 0.975. The lowest BCUT2D eigenvalue weighted by Gasteiger charge is -2.49. The zero-order valence-electron chi connectivity index (χ0n) is 16.2. The van der Waals surface area contributed by atoms with Crippen LogP contribution in [0.15, 0.2) is 21.8 Å². The van der Waals surface area contributed by atoms with Gasteiger partial charge in [-0.1, -0.05) is 5.16 Å². The first-order valence-corrected chi connectivity index (χ1v) is 10.3. The Kier molecular flexibility index (Phi) is 7.86. The first-order valence-electron chi connectivity index (χ1n) is 8.41. The molecule has 2 aliphatic heterocycles. The minimum absolute atomic E-state index is 0. The summed E-state index contributed by atoms with van der Waals surface area (Å²) in [5.74, 6) is -2.98. The number of halogens is 1. The van der Waals surface area contributed by atoms with Crippen LogP contribution in [0.3, 0.4) is 0 Å². The van der Waals surface area contributed by atoms with Crippen LogP contribution in [0.25, 0.3) is 0 Å². The second kappa shape index (κ2) is 9.98. The molecule has 0 bridgehead atoms. The number of carbonyl (C=O) groups is 4. The Morgan fingerprint density at radius 3 is 2.71 bits per heavy atom. The minimum Gasteiger partial charge on any atom is -0.477 e. The second-order valence-electron chi connectivity index (χ2n) is 6.09. The molecule has 3 rings (SSSR count). The number of anilines is 1. The van der Waals surface area contributed by atoms with Gasteiger partial charge in [-0.25, -0.2) is 9.78 Å². The molecule has 3 heterocycles. The first kappa shape index (κ1) is 24.4. The summed E-state index contributed by atoms with van der Waals surface area (Å²) < 4.78 is 4.88. The van der Waals surface area contributed by atoms with Crippen LogP contribution in [0.1, 0.15) is 12.6 Å². The van der Waals surface area contributed by atoms with Crippen molar-refractivity contribution < 1.29 is 33.9 Å². The Bertz CT molecular complexity index is 979. The van der Waals surface area contributed by atoms with Gasteiger partial charge >= 0.3 is 11.9 Å². The summed E-state index contributed by atoms with van der Waals surface area (Å²) in [5, 5.41) is 16.9. The number of β-lactam (4-membered cyclic amide) rings is 1. The number of rotatable bonds is 7. The fourth-order valence-electron chi connectivity index (χ4n) is 2.88. The van der Waals surface area contributed by atoms with Gasteiger partial charge in [0, 0.05) is 23.6 Å². The number of nitrogen functional groups attached to an aromatic ring is 1. The maximum atomic E-state index is 12.7. The molecule has 1 saturated heterocycles. The van der Waals surface area contributed by atoms with E-state index in [1.165, 1.54) is 31.2 Å². The van der Waals surface area contributed by atoms with Crippen molar-refractivity contribution in [1.82, 2.24) is 15.2 Å². The van der Waals surface area contributed by atoms with Gasteiger partial charge < -0.3 is 25.7 Å². The number of nitrogens with one attached hydrogen (secondary N) is 1. The van der Waals surface area contributed by atoms with Gasteiger partial charge in [0.25, 0.3) is 11.8 Å². The number of carboxylic acids is 1. The van der Waals surface area contributed by atoms with Crippen LogP contribution in [0.4, 0.5) is 5.13 Å². The first-order chi connectivity index (χ1) is 14.2. The van der Waals surface area contributed by atoms with E-state index < -0.39 is 35.2 Å². The number of carboxylic acid groups (broad SMARTS) is 1. The summed E-state index contributed by atoms with van der Waals surface area (Å²) in [5.41, 5.74) is 5.67. The van der Waals surface area contributed by atoms with Gasteiger partial charge in [-0.05, 0) is 0 Å². The van der Waals surface area contributed by atoms with E-state index in [0.29, 0.717) is 5.57 Å². The van der Waals surface area contributed by atoms with Crippen LogP contribution in [0.2, 0.25) is 0 Å². The Morgan fingerprint density at radius 2 is 2.16 bits per heavy atom. The highest BCUT2D eigenvalue weighted by molar-refractivity contribution is 8.00. The predicted octanol–water partition coefficient (Wildman–Crippen LogP) is -0.201. The molecule has 2 amide bonds. The number of ether oxygens (including phenoxy) is 1. The van der Waals surface area contributed by atoms with Crippen molar-refractivity contribution in [3.63, 3.8) is 0 Å². The number of esters is 1. The largest absolute Gasteiger partial charge is 0.477 e. The number of nitrogens with zero attached hydrogens (tertiary/aromatic N) is 3. The van der Waals surface area contributed by atoms with E-state index in [4.69, 9.17) is 10.5 Å². The van der Waals surface area contributed by atoms with Gasteiger partial charge in [0.05, 0.1) is 0 Å². The minimum atomic E-state index is -1.32. The molecule has 0 radical (unpaired) electrons. The quantitative estimate of drug-likeness (QED) is 0.200. The van der Waals surface area contributed by atoms with Gasteiger partial charge in [0.2, 0.25) is 0 Å². The van der Waals surface area contributed by atoms with Crippen molar-refractivity contribution in [2.24, 2.45) is 5.16 Å². The summed E-state index contributed by atoms with van der Waals surface area (Å²) in [6.07, 6.45) is 0. The Balaban J connectivity index is 0.00000341. The normalized spacial score (nSPS) is 20.3. The molecular formula is C16H18ClN5O7S2. The van der Waals surface area contributed by atoms with Crippen LogP contribution < -0.4 is 11.1 Å². The molecule has 2 aliphatic rings. The van der Waals surface area contributed by atoms with Crippen LogP contribution >= 0.6 is 35.5 Å². The summed E-state index contributed by atoms with van der Waals surface area (Å²) in [7, 11) is 1.25. The molecule has 0 saturated carbocycles. The van der Waals surface area contributed by atoms with Crippen LogP contribution in [0.5, 0.6) is 0 Å². The molecule has 12 nitrogen and oxygen atoms in total. The number of thioether (sulfide) groups is 1. The molecule has 1 aromatic heterocycles. The van der Waals surface area contributed by atoms with E-state index >= 15 is 0 Å². The van der Waals surface area contributed by atoms with Crippen molar-refractivity contribution in [3.05, 3.63) is 22.3 Å². The third kappa shape index (κ3) is 4.91. The number of nitrogens with two attached hydrogens (primary N) is 1. The van der Waals surface area contributed by atoms with Crippen molar-refractivity contribution in [2.75, 3.05) is 25.2 Å². The molecule has 1 fully saturated rings. The maximum absolute atomic E-state index is 12.7. The highest BCUT2D eigenvalue weighted by Crippen LogP contribution is 2.40. The van der Waals surface area contributed by atoms with E-state index in [9.17, 15) is 24.3 Å². The van der Waals surface area contributed by atoms with Gasteiger partial charge in [-0.2, -0.15) is 0 Å². The van der Waals surface area contributed by atoms with Crippen LogP contribution in [-0.4, -0.2) is 75.3 Å². The second-order valence-corrected chi connectivity index (χ2v) is 8.09. The molecule has 31 heavy (non-hydrogen) atoms. The van der Waals surface area contributed by atoms with E-state index in [2.05, 4.69) is 20.3 Å². The average Bonchev–Trinajstić information content (AvgIpc) is 3.13. The smallest absolute Gasteiger partial charge is 0.352 e. The molecule has 2 atom stereocenters. The van der Waals surface area contributed by atoms with E-state index in [0.717, 1.165) is 16.2 Å². The predicted molar refractivity (Wildman–Crippen MR) is 114 cm³/mol. The summed E-state index contributed by atoms with van der Waals surface area (Å²) >= 11 is 2.35. The number of oxime groups is 1. The highest BCUT2D eigenvalue weighted by Gasteiger charge is 2.54. The standard InChI is InChI=1S/C16H17N5O7S2.ClH/c1-6(22)28-3-7-4-29-14-10(13(24)21(14)11(7)15(25)26)19-12(23)9(20-27-2)8-5-30-16(17)18-8;/h5,10,14H,3-4H2,1-2H3,(H2,17,18)(H,19,23)(H,25,26);1H/b20-9+;/t10-,14-;/m1./s1. The molecule has 168 valence electrons. The van der Waals surface area contributed by atoms with Crippen molar-refractivity contribution in [2.45, 2.75) is 18.3 Å². The molecule has 15 heteroatoms. The lowest BCUT2D eigenvalue weighted by atomic mass is 10.0. The Labute approximate surface area is 190 Å². The lowest BCUT2D eigenvalue weighted by molar-refractivity contribution is -0.150. The summed E-state index contributed by atoms with van der Waals surface area (Å²) in [6, 6.07) is -0.967. The fourth-order valence-corrected chi connectivity index (χ4v) is 4.76. The zero-order valence-corrected chi connectivity index (χ0v) is 18.6.